The van der Waals surface area contributed by atoms with Crippen LogP contribution in [0.15, 0.2) is 23.3 Å². The number of nitro groups is 2. The van der Waals surface area contributed by atoms with Gasteiger partial charge in [0.1, 0.15) is 5.69 Å². The van der Waals surface area contributed by atoms with Crippen LogP contribution >= 0.6 is 0 Å². The van der Waals surface area contributed by atoms with Crippen molar-refractivity contribution in [1.82, 2.24) is 0 Å². The summed E-state index contributed by atoms with van der Waals surface area (Å²) in [6.45, 7) is 4.36. The molecule has 2 atom stereocenters. The number of nitrogens with one attached hydrogen (secondary N) is 1. The highest BCUT2D eigenvalue weighted by atomic mass is 16.6. The van der Waals surface area contributed by atoms with Crippen LogP contribution in [-0.4, -0.2) is 15.6 Å². The van der Waals surface area contributed by atoms with Crippen molar-refractivity contribution in [2.45, 2.75) is 33.1 Å². The highest BCUT2D eigenvalue weighted by Gasteiger charge is 2.22. The molecule has 0 radical (unpaired) electrons. The molecule has 22 heavy (non-hydrogen) atoms. The lowest BCUT2D eigenvalue weighted by Crippen LogP contribution is -2.21. The highest BCUT2D eigenvalue weighted by Crippen LogP contribution is 2.30. The van der Waals surface area contributed by atoms with Crippen LogP contribution in [0.2, 0.25) is 0 Å². The molecule has 1 aliphatic rings. The van der Waals surface area contributed by atoms with Crippen molar-refractivity contribution < 1.29 is 9.85 Å². The van der Waals surface area contributed by atoms with Crippen LogP contribution < -0.4 is 5.43 Å². The molecule has 1 aliphatic carbocycles. The minimum atomic E-state index is -0.660. The van der Waals surface area contributed by atoms with E-state index in [9.17, 15) is 20.2 Å². The Balaban J connectivity index is 2.19. The van der Waals surface area contributed by atoms with Crippen molar-refractivity contribution in [2.75, 3.05) is 5.43 Å². The molecule has 0 bridgehead atoms. The van der Waals surface area contributed by atoms with Crippen LogP contribution in [0, 0.1) is 32.1 Å². The van der Waals surface area contributed by atoms with Gasteiger partial charge >= 0.3 is 5.69 Å². The van der Waals surface area contributed by atoms with Crippen molar-refractivity contribution in [3.8, 4) is 0 Å². The zero-order valence-corrected chi connectivity index (χ0v) is 12.5. The second kappa shape index (κ2) is 6.50. The number of hydrogen-bond acceptors (Lipinski definition) is 6. The molecule has 118 valence electrons. The van der Waals surface area contributed by atoms with Gasteiger partial charge in [-0.2, -0.15) is 5.10 Å². The van der Waals surface area contributed by atoms with Gasteiger partial charge in [0, 0.05) is 11.8 Å². The number of hydrazone groups is 1. The molecule has 8 heteroatoms. The van der Waals surface area contributed by atoms with Gasteiger partial charge < -0.3 is 0 Å². The second-order valence-corrected chi connectivity index (χ2v) is 5.70. The number of benzene rings is 1. The molecule has 1 aromatic rings. The van der Waals surface area contributed by atoms with Crippen LogP contribution in [0.3, 0.4) is 0 Å². The summed E-state index contributed by atoms with van der Waals surface area (Å²) in [5, 5.41) is 26.0. The summed E-state index contributed by atoms with van der Waals surface area (Å²) in [6, 6.07) is 3.48. The first-order valence-electron chi connectivity index (χ1n) is 7.12. The van der Waals surface area contributed by atoms with Crippen LogP contribution in [0.4, 0.5) is 17.1 Å². The van der Waals surface area contributed by atoms with Crippen molar-refractivity contribution in [3.05, 3.63) is 38.4 Å². The molecule has 0 aliphatic heterocycles. The van der Waals surface area contributed by atoms with Crippen LogP contribution in [-0.2, 0) is 0 Å². The van der Waals surface area contributed by atoms with Gasteiger partial charge in [0.25, 0.3) is 5.69 Å². The number of non-ortho nitro benzene ring substituents is 1. The number of nitrogens with zero attached hydrogens (tertiary/aromatic N) is 3. The number of nitro benzene ring substituents is 2. The third-order valence-electron chi connectivity index (χ3n) is 4.14. The lowest BCUT2D eigenvalue weighted by molar-refractivity contribution is -0.393. The van der Waals surface area contributed by atoms with E-state index in [0.717, 1.165) is 31.0 Å². The van der Waals surface area contributed by atoms with Crippen molar-refractivity contribution >= 4 is 22.8 Å². The van der Waals surface area contributed by atoms with Crippen LogP contribution in [0.5, 0.6) is 0 Å². The number of anilines is 1. The largest absolute Gasteiger partial charge is 0.301 e. The molecule has 0 spiro atoms. The van der Waals surface area contributed by atoms with Gasteiger partial charge in [0.05, 0.1) is 15.9 Å². The van der Waals surface area contributed by atoms with Gasteiger partial charge in [-0.25, -0.2) is 0 Å². The first kappa shape index (κ1) is 15.9. The van der Waals surface area contributed by atoms with Gasteiger partial charge in [0.15, 0.2) is 0 Å². The predicted molar refractivity (Wildman–Crippen MR) is 83.0 cm³/mol. The van der Waals surface area contributed by atoms with E-state index in [1.54, 1.807) is 0 Å². The average molecular weight is 306 g/mol. The molecular weight excluding hydrogens is 288 g/mol. The summed E-state index contributed by atoms with van der Waals surface area (Å²) < 4.78 is 0. The van der Waals surface area contributed by atoms with Gasteiger partial charge in [-0.15, -0.1) is 0 Å². The van der Waals surface area contributed by atoms with E-state index >= 15 is 0 Å². The third kappa shape index (κ3) is 3.57. The van der Waals surface area contributed by atoms with Crippen LogP contribution in [0.25, 0.3) is 0 Å². The lowest BCUT2D eigenvalue weighted by atomic mass is 9.81. The van der Waals surface area contributed by atoms with Gasteiger partial charge in [-0.1, -0.05) is 13.8 Å². The van der Waals surface area contributed by atoms with E-state index in [2.05, 4.69) is 24.4 Å². The van der Waals surface area contributed by atoms with Gasteiger partial charge in [-0.3, -0.25) is 25.7 Å². The molecule has 1 N–H and O–H groups in total. The SMILES string of the molecule is C[C@@H]1CC/C(=N\Nc2ccc([N+](=O)[O-])cc2[N+](=O)[O-])C[C@@H]1C. The second-order valence-electron chi connectivity index (χ2n) is 5.70. The molecule has 1 aromatic carbocycles. The molecule has 1 fully saturated rings. The van der Waals surface area contributed by atoms with Gasteiger partial charge in [-0.05, 0) is 37.2 Å². The van der Waals surface area contributed by atoms with Crippen molar-refractivity contribution in [3.63, 3.8) is 0 Å². The summed E-state index contributed by atoms with van der Waals surface area (Å²) in [4.78, 5) is 20.4. The molecule has 0 unspecified atom stereocenters. The topological polar surface area (TPSA) is 111 Å². The number of rotatable bonds is 4. The maximum absolute atomic E-state index is 11.0. The zero-order valence-electron chi connectivity index (χ0n) is 12.5. The Kier molecular flexibility index (Phi) is 4.69. The summed E-state index contributed by atoms with van der Waals surface area (Å²) in [6.07, 6.45) is 2.76. The molecule has 0 saturated heterocycles. The van der Waals surface area contributed by atoms with E-state index < -0.39 is 9.85 Å². The summed E-state index contributed by atoms with van der Waals surface area (Å²) in [5.41, 5.74) is 3.16. The molecular formula is C14H18N4O4. The average Bonchev–Trinajstić information content (AvgIpc) is 2.48. The molecule has 1 saturated carbocycles. The fraction of sp³-hybridized carbons (Fsp3) is 0.500. The minimum absolute atomic E-state index is 0.161. The standard InChI is InChI=1S/C14H18N4O4/c1-9-3-4-11(7-10(9)2)15-16-13-6-5-12(17(19)20)8-14(13)18(21)22/h5-6,8-10,16H,3-4,7H2,1-2H3/b15-11+/t9-,10+/m1/s1. The quantitative estimate of drug-likeness (QED) is 0.673. The van der Waals surface area contributed by atoms with Crippen molar-refractivity contribution in [2.24, 2.45) is 16.9 Å². The van der Waals surface area contributed by atoms with Gasteiger partial charge in [0.2, 0.25) is 0 Å². The summed E-state index contributed by atoms with van der Waals surface area (Å²) in [5.74, 6) is 1.17. The Hall–Kier alpha value is -2.51. The van der Waals surface area contributed by atoms with Crippen LogP contribution in [0.1, 0.15) is 33.1 Å². The van der Waals surface area contributed by atoms with E-state index in [1.807, 2.05) is 0 Å². The first-order chi connectivity index (χ1) is 10.4. The van der Waals surface area contributed by atoms with E-state index in [-0.39, 0.29) is 17.1 Å². The highest BCUT2D eigenvalue weighted by molar-refractivity contribution is 5.86. The maximum atomic E-state index is 11.0. The molecule has 0 heterocycles. The third-order valence-corrected chi connectivity index (χ3v) is 4.14. The zero-order chi connectivity index (χ0) is 16.3. The predicted octanol–water partition coefficient (Wildman–Crippen LogP) is 3.73. The Morgan fingerprint density at radius 1 is 1.18 bits per heavy atom. The molecule has 8 nitrogen and oxygen atoms in total. The van der Waals surface area contributed by atoms with E-state index in [0.29, 0.717) is 11.8 Å². The molecule has 0 amide bonds. The van der Waals surface area contributed by atoms with E-state index in [4.69, 9.17) is 0 Å². The fourth-order valence-electron chi connectivity index (χ4n) is 2.47. The minimum Gasteiger partial charge on any atom is -0.272 e. The normalized spacial score (nSPS) is 23.3. The molecule has 2 rings (SSSR count). The monoisotopic (exact) mass is 306 g/mol. The number of hydrogen-bond donors (Lipinski definition) is 1. The Morgan fingerprint density at radius 2 is 1.91 bits per heavy atom. The fourth-order valence-corrected chi connectivity index (χ4v) is 2.47. The lowest BCUT2D eigenvalue weighted by Gasteiger charge is -2.26. The first-order valence-corrected chi connectivity index (χ1v) is 7.12. The smallest absolute Gasteiger partial charge is 0.272 e. The summed E-state index contributed by atoms with van der Waals surface area (Å²) in [7, 11) is 0. The Morgan fingerprint density at radius 3 is 2.50 bits per heavy atom. The van der Waals surface area contributed by atoms with E-state index in [1.165, 1.54) is 12.1 Å². The summed E-state index contributed by atoms with van der Waals surface area (Å²) >= 11 is 0. The molecule has 0 aromatic heterocycles. The Labute approximate surface area is 127 Å². The maximum Gasteiger partial charge on any atom is 0.301 e. The Bertz CT molecular complexity index is 629. The van der Waals surface area contributed by atoms with Crippen molar-refractivity contribution in [1.29, 1.82) is 0 Å².